The molecule has 66 heavy (non-hydrogen) atoms. The lowest BCUT2D eigenvalue weighted by atomic mass is 10.0. The first-order valence-electron chi connectivity index (χ1n) is 26.8. The number of nitrogens with one attached hydrogen (secondary N) is 2. The molecule has 3 aromatic carbocycles. The SMILES string of the molecule is CCCCCCCCCCCCCCCCOc1cccc(-c2ccc(-c3nc4ccccc4nc3-c3ccc(-c4cccc(OCCCCCCCCCCCCCCCC)c4)[nH]3)[nH]2)c1. The molecule has 0 radical (unpaired) electrons. The minimum atomic E-state index is 0.752. The minimum Gasteiger partial charge on any atom is -0.494 e. The van der Waals surface area contributed by atoms with E-state index in [4.69, 9.17) is 19.4 Å². The molecule has 0 spiro atoms. The number of unbranched alkanes of at least 4 members (excludes halogenated alkanes) is 26. The molecule has 0 aliphatic rings. The molecule has 0 atom stereocenters. The molecule has 6 heteroatoms. The number of para-hydroxylation sites is 2. The Kier molecular flexibility index (Phi) is 23.3. The predicted molar refractivity (Wildman–Crippen MR) is 282 cm³/mol. The fourth-order valence-corrected chi connectivity index (χ4v) is 9.26. The molecular weight excluding hydrogens is 809 g/mol. The van der Waals surface area contributed by atoms with Crippen LogP contribution in [0.2, 0.25) is 0 Å². The van der Waals surface area contributed by atoms with Gasteiger partial charge in [-0.2, -0.15) is 0 Å². The van der Waals surface area contributed by atoms with E-state index in [1.165, 1.54) is 167 Å². The molecule has 6 aromatic rings. The molecule has 6 nitrogen and oxygen atoms in total. The van der Waals surface area contributed by atoms with Gasteiger partial charge in [-0.1, -0.05) is 217 Å². The van der Waals surface area contributed by atoms with E-state index in [-0.39, 0.29) is 0 Å². The Morgan fingerprint density at radius 3 is 1.00 bits per heavy atom. The van der Waals surface area contributed by atoms with E-state index in [9.17, 15) is 0 Å². The number of hydrogen-bond donors (Lipinski definition) is 2. The van der Waals surface area contributed by atoms with E-state index in [0.29, 0.717) is 0 Å². The number of hydrogen-bond acceptors (Lipinski definition) is 4. The maximum atomic E-state index is 6.25. The number of aromatic amines is 2. The molecule has 0 aliphatic heterocycles. The summed E-state index contributed by atoms with van der Waals surface area (Å²) in [4.78, 5) is 17.7. The molecule has 3 aromatic heterocycles. The van der Waals surface area contributed by atoms with Gasteiger partial charge >= 0.3 is 0 Å². The van der Waals surface area contributed by atoms with Crippen molar-refractivity contribution in [3.63, 3.8) is 0 Å². The molecule has 0 saturated heterocycles. The van der Waals surface area contributed by atoms with Crippen LogP contribution in [0, 0.1) is 0 Å². The van der Waals surface area contributed by atoms with Crippen LogP contribution in [0.4, 0.5) is 0 Å². The van der Waals surface area contributed by atoms with Crippen molar-refractivity contribution in [2.75, 3.05) is 13.2 Å². The third-order valence-electron chi connectivity index (χ3n) is 13.3. The number of fused-ring (bicyclic) bond motifs is 1. The fraction of sp³-hybridized carbons (Fsp3) is 0.533. The van der Waals surface area contributed by atoms with E-state index in [0.717, 1.165) is 93.9 Å². The number of rotatable bonds is 36. The van der Waals surface area contributed by atoms with Gasteiger partial charge in [-0.3, -0.25) is 0 Å². The van der Waals surface area contributed by atoms with Crippen LogP contribution in [0.5, 0.6) is 11.5 Å². The topological polar surface area (TPSA) is 75.8 Å². The van der Waals surface area contributed by atoms with Crippen molar-refractivity contribution < 1.29 is 9.47 Å². The smallest absolute Gasteiger partial charge is 0.119 e. The van der Waals surface area contributed by atoms with Gasteiger partial charge in [0.2, 0.25) is 0 Å². The lowest BCUT2D eigenvalue weighted by molar-refractivity contribution is 0.304. The van der Waals surface area contributed by atoms with E-state index < -0.39 is 0 Å². The molecule has 0 saturated carbocycles. The third kappa shape index (κ3) is 17.8. The van der Waals surface area contributed by atoms with E-state index in [1.54, 1.807) is 0 Å². The van der Waals surface area contributed by atoms with E-state index in [1.807, 2.05) is 24.3 Å². The molecule has 0 fully saturated rings. The van der Waals surface area contributed by atoms with Gasteiger partial charge in [0.05, 0.1) is 35.6 Å². The lowest BCUT2D eigenvalue weighted by Crippen LogP contribution is -1.98. The summed E-state index contributed by atoms with van der Waals surface area (Å²) >= 11 is 0. The second-order valence-corrected chi connectivity index (χ2v) is 18.9. The van der Waals surface area contributed by atoms with Crippen LogP contribution < -0.4 is 9.47 Å². The van der Waals surface area contributed by atoms with Gasteiger partial charge in [0.15, 0.2) is 0 Å². The number of nitrogens with zero attached hydrogens (tertiary/aromatic N) is 2. The summed E-state index contributed by atoms with van der Waals surface area (Å²) < 4.78 is 12.5. The highest BCUT2D eigenvalue weighted by Gasteiger charge is 2.17. The average Bonchev–Trinajstić information content (AvgIpc) is 4.06. The summed E-state index contributed by atoms with van der Waals surface area (Å²) in [7, 11) is 0. The van der Waals surface area contributed by atoms with Crippen LogP contribution >= 0.6 is 0 Å². The number of ether oxygens (including phenoxy) is 2. The Hall–Kier alpha value is -4.84. The summed E-state index contributed by atoms with van der Waals surface area (Å²) in [5, 5.41) is 0. The molecule has 6 rings (SSSR count). The number of H-pyrrole nitrogens is 2. The zero-order valence-corrected chi connectivity index (χ0v) is 41.2. The van der Waals surface area contributed by atoms with Gasteiger partial charge in [0.25, 0.3) is 0 Å². The second-order valence-electron chi connectivity index (χ2n) is 18.9. The van der Waals surface area contributed by atoms with Gasteiger partial charge in [-0.05, 0) is 73.5 Å². The summed E-state index contributed by atoms with van der Waals surface area (Å²) in [6, 6.07) is 33.4. The summed E-state index contributed by atoms with van der Waals surface area (Å²) in [6.45, 7) is 6.09. The molecular formula is C60H84N4O2. The van der Waals surface area contributed by atoms with Gasteiger partial charge in [-0.15, -0.1) is 0 Å². The van der Waals surface area contributed by atoms with Crippen molar-refractivity contribution in [3.05, 3.63) is 97.1 Å². The standard InChI is InChI=1S/C60H84N4O2/c1-3-5-7-9-11-13-15-17-19-21-23-25-27-31-45-65-51-37-33-35-49(47-51)53-41-43-57(61-53)59-60(64-56-40-30-29-39-55(56)63-59)58-44-42-54(62-58)50-36-34-38-52(48-50)66-46-32-28-26-24-22-20-18-16-14-12-10-8-6-4-2/h29-30,33-44,47-48,61-62H,3-28,31-32,45-46H2,1-2H3. The van der Waals surface area contributed by atoms with Crippen LogP contribution in [-0.4, -0.2) is 33.1 Å². The van der Waals surface area contributed by atoms with Crippen LogP contribution in [0.3, 0.4) is 0 Å². The highest BCUT2D eigenvalue weighted by Crippen LogP contribution is 2.34. The van der Waals surface area contributed by atoms with Gasteiger partial charge in [0, 0.05) is 22.5 Å². The summed E-state index contributed by atoms with van der Waals surface area (Å²) in [5.41, 5.74) is 9.39. The third-order valence-corrected chi connectivity index (χ3v) is 13.3. The van der Waals surface area contributed by atoms with Crippen molar-refractivity contribution in [3.8, 4) is 56.8 Å². The van der Waals surface area contributed by atoms with E-state index >= 15 is 0 Å². The summed E-state index contributed by atoms with van der Waals surface area (Å²) in [5.74, 6) is 1.82. The van der Waals surface area contributed by atoms with Crippen molar-refractivity contribution in [2.24, 2.45) is 0 Å². The maximum absolute atomic E-state index is 6.25. The van der Waals surface area contributed by atoms with Crippen molar-refractivity contribution in [1.29, 1.82) is 0 Å². The molecule has 356 valence electrons. The molecule has 0 unspecified atom stereocenters. The maximum Gasteiger partial charge on any atom is 0.119 e. The first-order chi connectivity index (χ1) is 32.7. The Balaban J connectivity index is 0.957. The van der Waals surface area contributed by atoms with Crippen molar-refractivity contribution in [2.45, 2.75) is 194 Å². The first kappa shape index (κ1) is 50.6. The quantitative estimate of drug-likeness (QED) is 0.0385. The van der Waals surface area contributed by atoms with Crippen molar-refractivity contribution in [1.82, 2.24) is 19.9 Å². The van der Waals surface area contributed by atoms with Gasteiger partial charge in [0.1, 0.15) is 22.9 Å². The molecule has 0 aliphatic carbocycles. The van der Waals surface area contributed by atoms with Gasteiger partial charge in [-0.25, -0.2) is 9.97 Å². The molecule has 3 heterocycles. The highest BCUT2D eigenvalue weighted by atomic mass is 16.5. The zero-order valence-electron chi connectivity index (χ0n) is 41.2. The highest BCUT2D eigenvalue weighted by molar-refractivity contribution is 5.86. The Morgan fingerprint density at radius 1 is 0.333 bits per heavy atom. The Morgan fingerprint density at radius 2 is 0.652 bits per heavy atom. The Labute approximate surface area is 399 Å². The zero-order chi connectivity index (χ0) is 45.7. The van der Waals surface area contributed by atoms with Crippen LogP contribution in [0.1, 0.15) is 194 Å². The summed E-state index contributed by atoms with van der Waals surface area (Å²) in [6.07, 6.45) is 38.0. The monoisotopic (exact) mass is 893 g/mol. The molecule has 0 amide bonds. The van der Waals surface area contributed by atoms with Crippen LogP contribution in [0.25, 0.3) is 56.3 Å². The van der Waals surface area contributed by atoms with Crippen molar-refractivity contribution >= 4 is 11.0 Å². The largest absolute Gasteiger partial charge is 0.494 e. The number of benzene rings is 3. The minimum absolute atomic E-state index is 0.752. The fourth-order valence-electron chi connectivity index (χ4n) is 9.26. The molecule has 2 N–H and O–H groups in total. The second kappa shape index (κ2) is 30.4. The normalized spacial score (nSPS) is 11.5. The van der Waals surface area contributed by atoms with Gasteiger partial charge < -0.3 is 19.4 Å². The average molecular weight is 893 g/mol. The van der Waals surface area contributed by atoms with Crippen LogP contribution in [0.15, 0.2) is 97.1 Å². The predicted octanol–water partition coefficient (Wildman–Crippen LogP) is 18.7. The Bertz CT molecular complexity index is 2050. The molecule has 0 bridgehead atoms. The van der Waals surface area contributed by atoms with Crippen LogP contribution in [-0.2, 0) is 0 Å². The van der Waals surface area contributed by atoms with E-state index in [2.05, 4.69) is 96.6 Å². The first-order valence-corrected chi connectivity index (χ1v) is 26.8. The number of aromatic nitrogens is 4. The lowest BCUT2D eigenvalue weighted by Gasteiger charge is -2.10.